The Morgan fingerprint density at radius 2 is 1.66 bits per heavy atom. The number of hydrogen-bond acceptors (Lipinski definition) is 11. The molecule has 2 aromatic rings. The quantitative estimate of drug-likeness (QED) is 0.171. The Bertz CT molecular complexity index is 1230. The van der Waals surface area contributed by atoms with Gasteiger partial charge in [-0.15, -0.1) is 5.11 Å². The van der Waals surface area contributed by atoms with E-state index in [0.29, 0.717) is 12.2 Å². The zero-order valence-electron chi connectivity index (χ0n) is 22.1. The number of hydrogen-bond donors (Lipinski definition) is 0. The number of aryl methyl sites for hydroxylation is 1. The van der Waals surface area contributed by atoms with Crippen LogP contribution in [0.3, 0.4) is 0 Å². The molecule has 0 aliphatic rings. The molecule has 0 atom stereocenters. The molecule has 0 saturated carbocycles. The van der Waals surface area contributed by atoms with Gasteiger partial charge in [-0.25, -0.2) is 0 Å². The van der Waals surface area contributed by atoms with Crippen LogP contribution in [0.1, 0.15) is 50.3 Å². The maximum atomic E-state index is 11.1. The van der Waals surface area contributed by atoms with Crippen molar-refractivity contribution in [3.8, 4) is 12.1 Å². The van der Waals surface area contributed by atoms with Crippen molar-refractivity contribution in [2.45, 2.75) is 40.5 Å². The Kier molecular flexibility index (Phi) is 13.1. The zero-order chi connectivity index (χ0) is 28.7. The maximum Gasteiger partial charge on any atom is 0.302 e. The molecule has 0 unspecified atom stereocenters. The largest absolute Gasteiger partial charge is 0.469 e. The average Bonchev–Trinajstić information content (AvgIpc) is 2.89. The Hall–Kier alpha value is -4.84. The molecule has 0 aromatic heterocycles. The van der Waals surface area contributed by atoms with E-state index in [9.17, 15) is 30.2 Å². The zero-order valence-corrected chi connectivity index (χ0v) is 22.1. The Morgan fingerprint density at radius 3 is 2.11 bits per heavy atom. The highest BCUT2D eigenvalue weighted by Gasteiger charge is 2.17. The van der Waals surface area contributed by atoms with Crippen LogP contribution < -0.4 is 4.90 Å². The van der Waals surface area contributed by atoms with Crippen molar-refractivity contribution in [2.75, 3.05) is 31.7 Å². The van der Waals surface area contributed by atoms with Gasteiger partial charge in [-0.1, -0.05) is 13.3 Å². The molecule has 200 valence electrons. The predicted octanol–water partition coefficient (Wildman–Crippen LogP) is 5.41. The molecule has 0 aliphatic heterocycles. The van der Waals surface area contributed by atoms with Crippen LogP contribution in [0.2, 0.25) is 0 Å². The predicted molar refractivity (Wildman–Crippen MR) is 139 cm³/mol. The standard InChI is InChI=1S/C23H24N6O4.C3H6O2/c1-4-5-8-28(9-10-33-17(3)30)20-6-7-22(16(2)11-20)26-27-23-18(14-24)12-21(29(31)32)13-19(23)15-25;1-3(4)5-2/h6-7,11-13H,4-5,8-10H2,1-3H3;1-2H3. The fourth-order valence-corrected chi connectivity index (χ4v) is 3.07. The third-order valence-corrected chi connectivity index (χ3v) is 5.09. The lowest BCUT2D eigenvalue weighted by Crippen LogP contribution is -2.29. The van der Waals surface area contributed by atoms with Crippen molar-refractivity contribution in [3.05, 3.63) is 57.1 Å². The lowest BCUT2D eigenvalue weighted by atomic mass is 10.1. The molecule has 0 aliphatic carbocycles. The normalized spacial score (nSPS) is 9.97. The lowest BCUT2D eigenvalue weighted by molar-refractivity contribution is -0.384. The molecule has 12 nitrogen and oxygen atoms in total. The summed E-state index contributed by atoms with van der Waals surface area (Å²) in [5.41, 5.74) is 1.70. The van der Waals surface area contributed by atoms with Crippen molar-refractivity contribution in [2.24, 2.45) is 10.2 Å². The first-order valence-electron chi connectivity index (χ1n) is 11.7. The Labute approximate surface area is 221 Å². The SMILES string of the molecule is CCCCN(CCOC(C)=O)c1ccc(N=Nc2c(C#N)cc([N+](=O)[O-])cc2C#N)c(C)c1.COC(C)=O. The van der Waals surface area contributed by atoms with E-state index in [1.165, 1.54) is 21.0 Å². The molecule has 2 aromatic carbocycles. The number of rotatable bonds is 10. The molecule has 0 saturated heterocycles. The molecule has 2 rings (SSSR count). The summed E-state index contributed by atoms with van der Waals surface area (Å²) < 4.78 is 9.18. The smallest absolute Gasteiger partial charge is 0.302 e. The summed E-state index contributed by atoms with van der Waals surface area (Å²) >= 11 is 0. The number of non-ortho nitro benzene ring substituents is 1. The summed E-state index contributed by atoms with van der Waals surface area (Å²) in [5.74, 6) is -0.567. The van der Waals surface area contributed by atoms with Gasteiger partial charge in [0.1, 0.15) is 24.4 Å². The van der Waals surface area contributed by atoms with Gasteiger partial charge < -0.3 is 14.4 Å². The first-order valence-corrected chi connectivity index (χ1v) is 11.7. The highest BCUT2D eigenvalue weighted by Crippen LogP contribution is 2.32. The average molecular weight is 523 g/mol. The van der Waals surface area contributed by atoms with E-state index in [4.69, 9.17) is 4.74 Å². The molecular formula is C26H30N6O6. The number of esters is 2. The van der Waals surface area contributed by atoms with Crippen molar-refractivity contribution in [1.82, 2.24) is 0 Å². The van der Waals surface area contributed by atoms with Gasteiger partial charge >= 0.3 is 11.9 Å². The molecule has 0 bridgehead atoms. The number of carbonyl (C=O) groups is 2. The second-order valence-corrected chi connectivity index (χ2v) is 7.92. The van der Waals surface area contributed by atoms with Gasteiger partial charge in [0.15, 0.2) is 0 Å². The summed E-state index contributed by atoms with van der Waals surface area (Å²) in [6.45, 7) is 8.34. The van der Waals surface area contributed by atoms with E-state index in [1.54, 1.807) is 6.07 Å². The lowest BCUT2D eigenvalue weighted by Gasteiger charge is -2.25. The van der Waals surface area contributed by atoms with Gasteiger partial charge in [0, 0.05) is 38.2 Å². The topological polar surface area (TPSA) is 171 Å². The number of nitro groups is 1. The molecular weight excluding hydrogens is 492 g/mol. The summed E-state index contributed by atoms with van der Waals surface area (Å²) in [4.78, 5) is 33.1. The van der Waals surface area contributed by atoms with Gasteiger partial charge in [-0.3, -0.25) is 19.7 Å². The van der Waals surface area contributed by atoms with Gasteiger partial charge in [0.05, 0.1) is 35.4 Å². The van der Waals surface area contributed by atoms with Crippen LogP contribution in [0.15, 0.2) is 40.6 Å². The minimum absolute atomic E-state index is 0.0139. The number of methoxy groups -OCH3 is 1. The third-order valence-electron chi connectivity index (χ3n) is 5.09. The van der Waals surface area contributed by atoms with Crippen LogP contribution in [0.25, 0.3) is 0 Å². The summed E-state index contributed by atoms with van der Waals surface area (Å²) in [6, 6.07) is 11.4. The number of nitro benzene ring substituents is 1. The van der Waals surface area contributed by atoms with Gasteiger partial charge in [-0.05, 0) is 37.1 Å². The van der Waals surface area contributed by atoms with Crippen LogP contribution in [0.4, 0.5) is 22.7 Å². The Balaban J connectivity index is 0.00000132. The van der Waals surface area contributed by atoms with E-state index in [2.05, 4.69) is 26.8 Å². The molecule has 0 N–H and O–H groups in total. The highest BCUT2D eigenvalue weighted by atomic mass is 16.6. The van der Waals surface area contributed by atoms with Gasteiger partial charge in [0.2, 0.25) is 0 Å². The van der Waals surface area contributed by atoms with Crippen LogP contribution in [0, 0.1) is 39.7 Å². The van der Waals surface area contributed by atoms with Gasteiger partial charge in [-0.2, -0.15) is 15.6 Å². The number of anilines is 1. The summed E-state index contributed by atoms with van der Waals surface area (Å²) in [6.07, 6.45) is 2.00. The van der Waals surface area contributed by atoms with Crippen molar-refractivity contribution >= 4 is 34.7 Å². The number of nitriles is 2. The van der Waals surface area contributed by atoms with Crippen LogP contribution in [-0.2, 0) is 19.1 Å². The second-order valence-electron chi connectivity index (χ2n) is 7.92. The molecule has 0 fully saturated rings. The monoisotopic (exact) mass is 522 g/mol. The Morgan fingerprint density at radius 1 is 1.05 bits per heavy atom. The fourth-order valence-electron chi connectivity index (χ4n) is 3.07. The van der Waals surface area contributed by atoms with Gasteiger partial charge in [0.25, 0.3) is 5.69 Å². The van der Waals surface area contributed by atoms with E-state index in [-0.39, 0.29) is 41.0 Å². The molecule has 0 radical (unpaired) electrons. The molecule has 12 heteroatoms. The molecule has 38 heavy (non-hydrogen) atoms. The number of carbonyl (C=O) groups excluding carboxylic acids is 2. The second kappa shape index (κ2) is 16.0. The first kappa shape index (κ1) is 31.2. The number of benzene rings is 2. The fraction of sp³-hybridized carbons (Fsp3) is 0.385. The van der Waals surface area contributed by atoms with E-state index in [1.807, 2.05) is 31.2 Å². The van der Waals surface area contributed by atoms with E-state index in [0.717, 1.165) is 42.8 Å². The summed E-state index contributed by atoms with van der Waals surface area (Å²) in [5, 5.41) is 38.0. The van der Waals surface area contributed by atoms with Crippen LogP contribution >= 0.6 is 0 Å². The molecule has 0 spiro atoms. The molecule has 0 heterocycles. The van der Waals surface area contributed by atoms with E-state index >= 15 is 0 Å². The number of unbranched alkanes of at least 4 members (excludes halogenated alkanes) is 1. The van der Waals surface area contributed by atoms with Crippen molar-refractivity contribution in [1.29, 1.82) is 10.5 Å². The van der Waals surface area contributed by atoms with Crippen LogP contribution in [0.5, 0.6) is 0 Å². The van der Waals surface area contributed by atoms with Crippen LogP contribution in [-0.4, -0.2) is 43.7 Å². The third kappa shape index (κ3) is 10.0. The minimum atomic E-state index is -0.669. The highest BCUT2D eigenvalue weighted by molar-refractivity contribution is 5.68. The van der Waals surface area contributed by atoms with Crippen molar-refractivity contribution < 1.29 is 24.0 Å². The molecule has 0 amide bonds. The van der Waals surface area contributed by atoms with E-state index < -0.39 is 4.92 Å². The number of nitrogens with zero attached hydrogens (tertiary/aromatic N) is 6. The maximum absolute atomic E-state index is 11.1. The number of ether oxygens (including phenoxy) is 2. The first-order chi connectivity index (χ1) is 18.1. The minimum Gasteiger partial charge on any atom is -0.469 e. The number of azo groups is 1. The summed E-state index contributed by atoms with van der Waals surface area (Å²) in [7, 11) is 1.35. The van der Waals surface area contributed by atoms with Crippen molar-refractivity contribution in [3.63, 3.8) is 0 Å².